The van der Waals surface area contributed by atoms with Gasteiger partial charge in [-0.25, -0.2) is 0 Å². The summed E-state index contributed by atoms with van der Waals surface area (Å²) in [6.07, 6.45) is 3.45. The third-order valence-corrected chi connectivity index (χ3v) is 4.91. The van der Waals surface area contributed by atoms with E-state index in [0.717, 1.165) is 21.7 Å². The van der Waals surface area contributed by atoms with Gasteiger partial charge < -0.3 is 5.32 Å². The predicted octanol–water partition coefficient (Wildman–Crippen LogP) is 5.68. The van der Waals surface area contributed by atoms with Gasteiger partial charge in [-0.05, 0) is 48.7 Å². The Morgan fingerprint density at radius 2 is 1.62 bits per heavy atom. The van der Waals surface area contributed by atoms with E-state index in [1.165, 1.54) is 10.4 Å². The molecule has 2 aromatic carbocycles. The lowest BCUT2D eigenvalue weighted by molar-refractivity contribution is -0.111. The van der Waals surface area contributed by atoms with Gasteiger partial charge in [0.25, 0.3) is 0 Å². The normalized spacial score (nSPS) is 10.9. The van der Waals surface area contributed by atoms with Gasteiger partial charge in [-0.15, -0.1) is 11.3 Å². The van der Waals surface area contributed by atoms with Gasteiger partial charge in [0.15, 0.2) is 0 Å². The van der Waals surface area contributed by atoms with Gasteiger partial charge in [0.1, 0.15) is 0 Å². The van der Waals surface area contributed by atoms with Gasteiger partial charge in [0.05, 0.1) is 0 Å². The fourth-order valence-corrected chi connectivity index (χ4v) is 3.45. The molecule has 1 aromatic heterocycles. The molecule has 2 nitrogen and oxygen atoms in total. The summed E-state index contributed by atoms with van der Waals surface area (Å²) >= 11 is 1.67. The molecular formula is C21H19NOS. The Morgan fingerprint density at radius 1 is 0.917 bits per heavy atom. The summed E-state index contributed by atoms with van der Waals surface area (Å²) in [5.74, 6) is -0.109. The van der Waals surface area contributed by atoms with E-state index in [-0.39, 0.29) is 5.91 Å². The Hall–Kier alpha value is -2.65. The summed E-state index contributed by atoms with van der Waals surface area (Å²) in [5, 5.41) is 2.97. The van der Waals surface area contributed by atoms with Gasteiger partial charge >= 0.3 is 0 Å². The molecule has 120 valence electrons. The molecular weight excluding hydrogens is 314 g/mol. The first kappa shape index (κ1) is 16.2. The van der Waals surface area contributed by atoms with E-state index in [4.69, 9.17) is 0 Å². The van der Waals surface area contributed by atoms with Crippen LogP contribution in [0.2, 0.25) is 0 Å². The van der Waals surface area contributed by atoms with Crippen molar-refractivity contribution < 1.29 is 4.79 Å². The van der Waals surface area contributed by atoms with E-state index in [1.54, 1.807) is 17.4 Å². The lowest BCUT2D eigenvalue weighted by Crippen LogP contribution is -2.10. The number of carbonyl (C=O) groups is 1. The Labute approximate surface area is 146 Å². The summed E-state index contributed by atoms with van der Waals surface area (Å²) in [6, 6.07) is 20.4. The van der Waals surface area contributed by atoms with Crippen molar-refractivity contribution in [3.8, 4) is 10.4 Å². The van der Waals surface area contributed by atoms with Crippen LogP contribution in [0.3, 0.4) is 0 Å². The molecule has 3 rings (SSSR count). The average Bonchev–Trinajstić information content (AvgIpc) is 3.06. The van der Waals surface area contributed by atoms with Crippen molar-refractivity contribution in [1.29, 1.82) is 0 Å². The van der Waals surface area contributed by atoms with Gasteiger partial charge in [-0.1, -0.05) is 48.5 Å². The number of carbonyl (C=O) groups excluding carboxylic acids is 1. The van der Waals surface area contributed by atoms with Crippen molar-refractivity contribution in [3.63, 3.8) is 0 Å². The van der Waals surface area contributed by atoms with Gasteiger partial charge in [0.2, 0.25) is 5.91 Å². The van der Waals surface area contributed by atoms with Gasteiger partial charge in [-0.2, -0.15) is 0 Å². The zero-order chi connectivity index (χ0) is 16.9. The zero-order valence-electron chi connectivity index (χ0n) is 13.7. The summed E-state index contributed by atoms with van der Waals surface area (Å²) < 4.78 is 0. The Morgan fingerprint density at radius 3 is 2.33 bits per heavy atom. The molecule has 0 aliphatic rings. The SMILES string of the molecule is Cc1cccc(C)c1NC(=O)/C=C/c1ccc(-c2ccccc2)s1. The number of aryl methyl sites for hydroxylation is 2. The minimum atomic E-state index is -0.109. The van der Waals surface area contributed by atoms with Gasteiger partial charge in [0, 0.05) is 21.5 Å². The maximum Gasteiger partial charge on any atom is 0.248 e. The van der Waals surface area contributed by atoms with Crippen LogP contribution < -0.4 is 5.32 Å². The highest BCUT2D eigenvalue weighted by Gasteiger charge is 2.05. The fourth-order valence-electron chi connectivity index (χ4n) is 2.53. The molecule has 0 fully saturated rings. The van der Waals surface area contributed by atoms with E-state index >= 15 is 0 Å². The molecule has 0 unspecified atom stereocenters. The highest BCUT2D eigenvalue weighted by atomic mass is 32.1. The summed E-state index contributed by atoms with van der Waals surface area (Å²) in [4.78, 5) is 14.4. The third kappa shape index (κ3) is 3.81. The molecule has 0 aliphatic heterocycles. The van der Waals surface area contributed by atoms with E-state index in [1.807, 2.05) is 62.4 Å². The lowest BCUT2D eigenvalue weighted by atomic mass is 10.1. The molecule has 3 heteroatoms. The highest BCUT2D eigenvalue weighted by Crippen LogP contribution is 2.28. The highest BCUT2D eigenvalue weighted by molar-refractivity contribution is 7.16. The predicted molar refractivity (Wildman–Crippen MR) is 103 cm³/mol. The molecule has 0 atom stereocenters. The summed E-state index contributed by atoms with van der Waals surface area (Å²) in [5.41, 5.74) is 4.23. The van der Waals surface area contributed by atoms with Gasteiger partial charge in [-0.3, -0.25) is 4.79 Å². The maximum absolute atomic E-state index is 12.2. The van der Waals surface area contributed by atoms with Crippen molar-refractivity contribution in [2.24, 2.45) is 0 Å². The standard InChI is InChI=1S/C21H19NOS/c1-15-7-6-8-16(2)21(15)22-20(23)14-12-18-11-13-19(24-18)17-9-4-3-5-10-17/h3-14H,1-2H3,(H,22,23)/b14-12+. The second kappa shape index (κ2) is 7.28. The lowest BCUT2D eigenvalue weighted by Gasteiger charge is -2.09. The monoisotopic (exact) mass is 333 g/mol. The molecule has 1 N–H and O–H groups in total. The zero-order valence-corrected chi connectivity index (χ0v) is 14.6. The number of benzene rings is 2. The first-order valence-electron chi connectivity index (χ1n) is 7.84. The van der Waals surface area contributed by atoms with Crippen molar-refractivity contribution in [3.05, 3.63) is 82.7 Å². The van der Waals surface area contributed by atoms with E-state index < -0.39 is 0 Å². The van der Waals surface area contributed by atoms with Crippen LogP contribution in [-0.2, 0) is 4.79 Å². The number of para-hydroxylation sites is 1. The van der Waals surface area contributed by atoms with Crippen LogP contribution in [0.5, 0.6) is 0 Å². The molecule has 1 amide bonds. The van der Waals surface area contributed by atoms with Crippen molar-refractivity contribution in [1.82, 2.24) is 0 Å². The van der Waals surface area contributed by atoms with E-state index in [0.29, 0.717) is 0 Å². The Bertz CT molecular complexity index is 858. The molecule has 0 spiro atoms. The molecule has 0 bridgehead atoms. The maximum atomic E-state index is 12.2. The minimum Gasteiger partial charge on any atom is -0.322 e. The molecule has 24 heavy (non-hydrogen) atoms. The van der Waals surface area contributed by atoms with Crippen LogP contribution in [0.4, 0.5) is 5.69 Å². The number of nitrogens with one attached hydrogen (secondary N) is 1. The molecule has 0 saturated carbocycles. The number of amides is 1. The molecule has 3 aromatic rings. The number of hydrogen-bond acceptors (Lipinski definition) is 2. The Kier molecular flexibility index (Phi) is 4.92. The molecule has 0 saturated heterocycles. The van der Waals surface area contributed by atoms with Crippen molar-refractivity contribution >= 4 is 29.0 Å². The first-order chi connectivity index (χ1) is 11.6. The van der Waals surface area contributed by atoms with Crippen LogP contribution in [-0.4, -0.2) is 5.91 Å². The summed E-state index contributed by atoms with van der Waals surface area (Å²) in [7, 11) is 0. The third-order valence-electron chi connectivity index (χ3n) is 3.81. The second-order valence-electron chi connectivity index (χ2n) is 5.66. The topological polar surface area (TPSA) is 29.1 Å². The van der Waals surface area contributed by atoms with Crippen LogP contribution in [0.1, 0.15) is 16.0 Å². The fraction of sp³-hybridized carbons (Fsp3) is 0.0952. The molecule has 0 aliphatic carbocycles. The van der Waals surface area contributed by atoms with Crippen LogP contribution >= 0.6 is 11.3 Å². The number of thiophene rings is 1. The number of rotatable bonds is 4. The number of anilines is 1. The largest absolute Gasteiger partial charge is 0.322 e. The quantitative estimate of drug-likeness (QED) is 0.611. The first-order valence-corrected chi connectivity index (χ1v) is 8.65. The van der Waals surface area contributed by atoms with Crippen LogP contribution in [0.25, 0.3) is 16.5 Å². The van der Waals surface area contributed by atoms with Crippen molar-refractivity contribution in [2.75, 3.05) is 5.32 Å². The van der Waals surface area contributed by atoms with E-state index in [2.05, 4.69) is 23.5 Å². The molecule has 0 radical (unpaired) electrons. The smallest absolute Gasteiger partial charge is 0.248 e. The molecule has 1 heterocycles. The summed E-state index contributed by atoms with van der Waals surface area (Å²) in [6.45, 7) is 4.00. The van der Waals surface area contributed by atoms with E-state index in [9.17, 15) is 4.79 Å². The Balaban J connectivity index is 1.70. The van der Waals surface area contributed by atoms with Crippen LogP contribution in [0.15, 0.2) is 66.7 Å². The number of hydrogen-bond donors (Lipinski definition) is 1. The van der Waals surface area contributed by atoms with Crippen molar-refractivity contribution in [2.45, 2.75) is 13.8 Å². The second-order valence-corrected chi connectivity index (χ2v) is 6.77. The average molecular weight is 333 g/mol. The minimum absolute atomic E-state index is 0.109. The van der Waals surface area contributed by atoms with Crippen LogP contribution in [0, 0.1) is 13.8 Å².